The average Bonchev–Trinajstić information content (AvgIpc) is 2.33. The summed E-state index contributed by atoms with van der Waals surface area (Å²) in [5, 5.41) is 3.48. The molecule has 3 heteroatoms. The second-order valence-corrected chi connectivity index (χ2v) is 5.50. The van der Waals surface area contributed by atoms with Crippen LogP contribution in [-0.4, -0.2) is 50.3 Å². The minimum Gasteiger partial charge on any atom is -0.379 e. The summed E-state index contributed by atoms with van der Waals surface area (Å²) in [6.07, 6.45) is 4.00. The van der Waals surface area contributed by atoms with Crippen molar-refractivity contribution in [3.63, 3.8) is 0 Å². The van der Waals surface area contributed by atoms with E-state index in [1.54, 1.807) is 0 Å². The maximum absolute atomic E-state index is 5.51. The van der Waals surface area contributed by atoms with E-state index in [0.29, 0.717) is 11.5 Å². The fourth-order valence-electron chi connectivity index (χ4n) is 3.01. The summed E-state index contributed by atoms with van der Waals surface area (Å²) in [6, 6.07) is 0.604. The molecule has 0 saturated carbocycles. The number of nitrogens with one attached hydrogen (secondary N) is 1. The fourth-order valence-corrected chi connectivity index (χ4v) is 3.01. The molecule has 0 bridgehead atoms. The van der Waals surface area contributed by atoms with Crippen LogP contribution in [0, 0.1) is 5.41 Å². The number of ether oxygens (including phenoxy) is 1. The Morgan fingerprint density at radius 1 is 1.38 bits per heavy atom. The van der Waals surface area contributed by atoms with Crippen LogP contribution in [0.2, 0.25) is 0 Å². The monoisotopic (exact) mass is 226 g/mol. The van der Waals surface area contributed by atoms with Crippen molar-refractivity contribution < 1.29 is 4.74 Å². The van der Waals surface area contributed by atoms with Gasteiger partial charge < -0.3 is 10.1 Å². The maximum atomic E-state index is 5.51. The topological polar surface area (TPSA) is 24.5 Å². The molecule has 0 aromatic heterocycles. The van der Waals surface area contributed by atoms with Gasteiger partial charge in [-0.15, -0.1) is 0 Å². The molecular weight excluding hydrogens is 200 g/mol. The van der Waals surface area contributed by atoms with Crippen molar-refractivity contribution in [2.24, 2.45) is 5.41 Å². The molecule has 2 heterocycles. The van der Waals surface area contributed by atoms with Gasteiger partial charge >= 0.3 is 0 Å². The molecule has 1 unspecified atom stereocenters. The third-order valence-corrected chi connectivity index (χ3v) is 4.46. The summed E-state index contributed by atoms with van der Waals surface area (Å²) in [6.45, 7) is 11.3. The van der Waals surface area contributed by atoms with E-state index in [0.717, 1.165) is 19.8 Å². The van der Waals surface area contributed by atoms with E-state index in [9.17, 15) is 0 Å². The molecule has 94 valence electrons. The summed E-state index contributed by atoms with van der Waals surface area (Å²) in [4.78, 5) is 2.64. The molecule has 0 aromatic carbocycles. The van der Waals surface area contributed by atoms with Crippen LogP contribution < -0.4 is 5.32 Å². The highest BCUT2D eigenvalue weighted by molar-refractivity contribution is 4.88. The minimum absolute atomic E-state index is 0.566. The van der Waals surface area contributed by atoms with Gasteiger partial charge in [0.2, 0.25) is 0 Å². The lowest BCUT2D eigenvalue weighted by atomic mass is 9.76. The summed E-state index contributed by atoms with van der Waals surface area (Å²) >= 11 is 0. The molecule has 2 rings (SSSR count). The number of nitrogens with zero attached hydrogens (tertiary/aromatic N) is 1. The fraction of sp³-hybridized carbons (Fsp3) is 1.00. The van der Waals surface area contributed by atoms with Gasteiger partial charge in [0.1, 0.15) is 0 Å². The molecule has 0 amide bonds. The average molecular weight is 226 g/mol. The van der Waals surface area contributed by atoms with Gasteiger partial charge in [0.15, 0.2) is 0 Å². The Balaban J connectivity index is 1.93. The molecule has 2 saturated heterocycles. The highest BCUT2D eigenvalue weighted by Crippen LogP contribution is 2.34. The number of hydrogen-bond acceptors (Lipinski definition) is 3. The molecule has 2 fully saturated rings. The number of hydrogen-bond donors (Lipinski definition) is 1. The predicted molar refractivity (Wildman–Crippen MR) is 66.7 cm³/mol. The van der Waals surface area contributed by atoms with Crippen molar-refractivity contribution in [3.8, 4) is 0 Å². The van der Waals surface area contributed by atoms with Crippen LogP contribution in [0.3, 0.4) is 0 Å². The van der Waals surface area contributed by atoms with Crippen LogP contribution in [0.15, 0.2) is 0 Å². The van der Waals surface area contributed by atoms with Crippen LogP contribution in [0.25, 0.3) is 0 Å². The molecule has 2 aliphatic heterocycles. The molecule has 2 aliphatic rings. The lowest BCUT2D eigenvalue weighted by Gasteiger charge is -2.44. The first-order chi connectivity index (χ1) is 7.76. The minimum atomic E-state index is 0.566. The summed E-state index contributed by atoms with van der Waals surface area (Å²) < 4.78 is 5.51. The molecule has 0 aliphatic carbocycles. The van der Waals surface area contributed by atoms with E-state index in [1.807, 2.05) is 0 Å². The summed E-state index contributed by atoms with van der Waals surface area (Å²) in [5.41, 5.74) is 0.566. The summed E-state index contributed by atoms with van der Waals surface area (Å²) in [7, 11) is 0. The van der Waals surface area contributed by atoms with Crippen molar-refractivity contribution in [2.75, 3.05) is 39.4 Å². The second-order valence-electron chi connectivity index (χ2n) is 5.50. The maximum Gasteiger partial charge on any atom is 0.0619 e. The Labute approximate surface area is 99.5 Å². The van der Waals surface area contributed by atoms with Gasteiger partial charge in [0.05, 0.1) is 13.2 Å². The molecule has 1 atom stereocenters. The SMILES string of the molecule is CCC1(CN2CCOCC2C)CCNCC1. The quantitative estimate of drug-likeness (QED) is 0.789. The van der Waals surface area contributed by atoms with E-state index in [1.165, 1.54) is 38.9 Å². The lowest BCUT2D eigenvalue weighted by Crippen LogP contribution is -2.51. The summed E-state index contributed by atoms with van der Waals surface area (Å²) in [5.74, 6) is 0. The van der Waals surface area contributed by atoms with Crippen molar-refractivity contribution in [1.29, 1.82) is 0 Å². The largest absolute Gasteiger partial charge is 0.379 e. The van der Waals surface area contributed by atoms with Gasteiger partial charge in [-0.05, 0) is 44.7 Å². The van der Waals surface area contributed by atoms with Gasteiger partial charge in [-0.1, -0.05) is 6.92 Å². The van der Waals surface area contributed by atoms with E-state index in [-0.39, 0.29) is 0 Å². The van der Waals surface area contributed by atoms with Crippen molar-refractivity contribution in [1.82, 2.24) is 10.2 Å². The van der Waals surface area contributed by atoms with Crippen LogP contribution in [0.4, 0.5) is 0 Å². The Kier molecular flexibility index (Phi) is 4.22. The van der Waals surface area contributed by atoms with E-state index in [4.69, 9.17) is 4.74 Å². The van der Waals surface area contributed by atoms with Crippen LogP contribution >= 0.6 is 0 Å². The smallest absolute Gasteiger partial charge is 0.0619 e. The first-order valence-electron chi connectivity index (χ1n) is 6.78. The predicted octanol–water partition coefficient (Wildman–Crippen LogP) is 1.49. The molecular formula is C13H26N2O. The third kappa shape index (κ3) is 2.76. The highest BCUT2D eigenvalue weighted by Gasteiger charge is 2.34. The normalized spacial score (nSPS) is 31.5. The van der Waals surface area contributed by atoms with E-state index < -0.39 is 0 Å². The second kappa shape index (κ2) is 5.48. The van der Waals surface area contributed by atoms with E-state index in [2.05, 4.69) is 24.1 Å². The van der Waals surface area contributed by atoms with Gasteiger partial charge in [-0.25, -0.2) is 0 Å². The van der Waals surface area contributed by atoms with Gasteiger partial charge in [-0.2, -0.15) is 0 Å². The standard InChI is InChI=1S/C13H26N2O/c1-3-13(4-6-14-7-5-13)11-15-8-9-16-10-12(15)2/h12,14H,3-11H2,1-2H3. The molecule has 16 heavy (non-hydrogen) atoms. The lowest BCUT2D eigenvalue weighted by molar-refractivity contribution is -0.0266. The van der Waals surface area contributed by atoms with E-state index >= 15 is 0 Å². The Bertz CT molecular complexity index is 214. The zero-order valence-corrected chi connectivity index (χ0v) is 10.8. The first-order valence-corrected chi connectivity index (χ1v) is 6.78. The van der Waals surface area contributed by atoms with Crippen molar-refractivity contribution >= 4 is 0 Å². The van der Waals surface area contributed by atoms with Gasteiger partial charge in [-0.3, -0.25) is 4.90 Å². The van der Waals surface area contributed by atoms with Crippen LogP contribution in [0.5, 0.6) is 0 Å². The first kappa shape index (κ1) is 12.3. The Hall–Kier alpha value is -0.120. The molecule has 3 nitrogen and oxygen atoms in total. The molecule has 0 spiro atoms. The molecule has 1 N–H and O–H groups in total. The zero-order valence-electron chi connectivity index (χ0n) is 10.8. The number of piperidine rings is 1. The van der Waals surface area contributed by atoms with Gasteiger partial charge in [0.25, 0.3) is 0 Å². The number of morpholine rings is 1. The molecule has 0 radical (unpaired) electrons. The Morgan fingerprint density at radius 3 is 2.75 bits per heavy atom. The molecule has 0 aromatic rings. The highest BCUT2D eigenvalue weighted by atomic mass is 16.5. The van der Waals surface area contributed by atoms with Crippen LogP contribution in [0.1, 0.15) is 33.1 Å². The van der Waals surface area contributed by atoms with Crippen molar-refractivity contribution in [2.45, 2.75) is 39.2 Å². The third-order valence-electron chi connectivity index (χ3n) is 4.46. The Morgan fingerprint density at radius 2 is 2.12 bits per heavy atom. The van der Waals surface area contributed by atoms with Crippen molar-refractivity contribution in [3.05, 3.63) is 0 Å². The number of rotatable bonds is 3. The zero-order chi connectivity index (χ0) is 11.4. The van der Waals surface area contributed by atoms with Gasteiger partial charge in [0, 0.05) is 19.1 Å². The van der Waals surface area contributed by atoms with Crippen LogP contribution in [-0.2, 0) is 4.74 Å².